The SMILES string of the molecule is Cn1cc(C(=O)OC2CCCN(c3ccc(F)cc3[N+](=O)[O-])C2)cn1. The fourth-order valence-electron chi connectivity index (χ4n) is 2.91. The molecule has 0 amide bonds. The van der Waals surface area contributed by atoms with Gasteiger partial charge in [0, 0.05) is 19.8 Å². The number of hydrogen-bond acceptors (Lipinski definition) is 6. The van der Waals surface area contributed by atoms with E-state index in [1.165, 1.54) is 23.0 Å². The second-order valence-electron chi connectivity index (χ2n) is 5.91. The van der Waals surface area contributed by atoms with E-state index in [0.29, 0.717) is 37.2 Å². The van der Waals surface area contributed by atoms with Crippen LogP contribution >= 0.6 is 0 Å². The standard InChI is InChI=1S/C16H17FN4O4/c1-19-9-11(8-18-19)16(22)25-13-3-2-6-20(10-13)14-5-4-12(17)7-15(14)21(23)24/h4-5,7-9,13H,2-3,6,10H2,1H3. The number of nitrogens with zero attached hydrogens (tertiary/aromatic N) is 4. The molecule has 2 aromatic rings. The van der Waals surface area contributed by atoms with Crippen LogP contribution in [-0.2, 0) is 11.8 Å². The maximum Gasteiger partial charge on any atom is 0.341 e. The Morgan fingerprint density at radius 2 is 2.28 bits per heavy atom. The van der Waals surface area contributed by atoms with Crippen LogP contribution in [0.2, 0.25) is 0 Å². The highest BCUT2D eigenvalue weighted by atomic mass is 19.1. The van der Waals surface area contributed by atoms with E-state index in [4.69, 9.17) is 4.74 Å². The van der Waals surface area contributed by atoms with Crippen molar-refractivity contribution in [3.05, 3.63) is 52.1 Å². The van der Waals surface area contributed by atoms with Gasteiger partial charge >= 0.3 is 5.97 Å². The Bertz CT molecular complexity index is 807. The van der Waals surface area contributed by atoms with Crippen molar-refractivity contribution >= 4 is 17.3 Å². The first-order chi connectivity index (χ1) is 11.9. The van der Waals surface area contributed by atoms with Crippen LogP contribution in [0.5, 0.6) is 0 Å². The molecule has 8 nitrogen and oxygen atoms in total. The Balaban J connectivity index is 1.73. The topological polar surface area (TPSA) is 90.5 Å². The highest BCUT2D eigenvalue weighted by molar-refractivity contribution is 5.88. The number of nitro benzene ring substituents is 1. The number of hydrogen-bond donors (Lipinski definition) is 0. The molecule has 0 N–H and O–H groups in total. The highest BCUT2D eigenvalue weighted by Gasteiger charge is 2.28. The number of aryl methyl sites for hydroxylation is 1. The van der Waals surface area contributed by atoms with E-state index in [1.807, 2.05) is 0 Å². The second kappa shape index (κ2) is 6.88. The van der Waals surface area contributed by atoms with Gasteiger partial charge in [-0.05, 0) is 25.0 Å². The summed E-state index contributed by atoms with van der Waals surface area (Å²) < 4.78 is 20.3. The lowest BCUT2D eigenvalue weighted by Crippen LogP contribution is -2.40. The smallest absolute Gasteiger partial charge is 0.341 e. The van der Waals surface area contributed by atoms with Crippen LogP contribution in [-0.4, -0.2) is 39.9 Å². The van der Waals surface area contributed by atoms with Gasteiger partial charge in [0.15, 0.2) is 0 Å². The normalized spacial score (nSPS) is 17.4. The molecular weight excluding hydrogens is 331 g/mol. The molecule has 132 valence electrons. The first-order valence-corrected chi connectivity index (χ1v) is 7.82. The zero-order valence-electron chi connectivity index (χ0n) is 13.6. The van der Waals surface area contributed by atoms with Crippen LogP contribution in [0, 0.1) is 15.9 Å². The zero-order valence-corrected chi connectivity index (χ0v) is 13.6. The number of ether oxygens (including phenoxy) is 1. The molecule has 1 unspecified atom stereocenters. The van der Waals surface area contributed by atoms with Crippen LogP contribution in [0.4, 0.5) is 15.8 Å². The third kappa shape index (κ3) is 3.76. The number of rotatable bonds is 4. The molecule has 9 heteroatoms. The van der Waals surface area contributed by atoms with Gasteiger partial charge in [-0.3, -0.25) is 14.8 Å². The van der Waals surface area contributed by atoms with Crippen molar-refractivity contribution in [2.24, 2.45) is 7.05 Å². The first kappa shape index (κ1) is 16.9. The Kier molecular flexibility index (Phi) is 4.64. The Morgan fingerprint density at radius 3 is 2.96 bits per heavy atom. The molecule has 25 heavy (non-hydrogen) atoms. The fourth-order valence-corrected chi connectivity index (χ4v) is 2.91. The average molecular weight is 348 g/mol. The fraction of sp³-hybridized carbons (Fsp3) is 0.375. The summed E-state index contributed by atoms with van der Waals surface area (Å²) in [5, 5.41) is 15.1. The van der Waals surface area contributed by atoms with E-state index in [-0.39, 0.29) is 5.69 Å². The number of anilines is 1. The lowest BCUT2D eigenvalue weighted by atomic mass is 10.1. The van der Waals surface area contributed by atoms with Crippen molar-refractivity contribution in [3.8, 4) is 0 Å². The first-order valence-electron chi connectivity index (χ1n) is 7.82. The quantitative estimate of drug-likeness (QED) is 0.478. The Labute approximate surface area is 142 Å². The average Bonchev–Trinajstić information content (AvgIpc) is 3.01. The number of aromatic nitrogens is 2. The molecule has 0 spiro atoms. The number of nitro groups is 1. The van der Waals surface area contributed by atoms with Crippen LogP contribution in [0.25, 0.3) is 0 Å². The summed E-state index contributed by atoms with van der Waals surface area (Å²) in [6.45, 7) is 0.895. The number of piperidine rings is 1. The number of carbonyl (C=O) groups is 1. The summed E-state index contributed by atoms with van der Waals surface area (Å²) >= 11 is 0. The maximum atomic E-state index is 13.3. The molecule has 1 saturated heterocycles. The molecule has 1 aliphatic heterocycles. The number of benzene rings is 1. The van der Waals surface area contributed by atoms with E-state index in [1.54, 1.807) is 18.1 Å². The Morgan fingerprint density at radius 1 is 1.48 bits per heavy atom. The summed E-state index contributed by atoms with van der Waals surface area (Å²) in [7, 11) is 1.70. The number of carbonyl (C=O) groups excluding carboxylic acids is 1. The van der Waals surface area contributed by atoms with Gasteiger partial charge in [-0.1, -0.05) is 0 Å². The van der Waals surface area contributed by atoms with Gasteiger partial charge < -0.3 is 9.64 Å². The lowest BCUT2D eigenvalue weighted by molar-refractivity contribution is -0.384. The van der Waals surface area contributed by atoms with Crippen molar-refractivity contribution in [1.29, 1.82) is 0 Å². The third-order valence-corrected chi connectivity index (χ3v) is 4.07. The second-order valence-corrected chi connectivity index (χ2v) is 5.91. The monoisotopic (exact) mass is 348 g/mol. The minimum absolute atomic E-state index is 0.292. The Hall–Kier alpha value is -2.97. The molecule has 3 rings (SSSR count). The predicted octanol–water partition coefficient (Wildman–Crippen LogP) is 2.29. The van der Waals surface area contributed by atoms with Gasteiger partial charge in [-0.15, -0.1) is 0 Å². The van der Waals surface area contributed by atoms with E-state index in [9.17, 15) is 19.3 Å². The molecule has 2 heterocycles. The van der Waals surface area contributed by atoms with E-state index in [2.05, 4.69) is 5.10 Å². The van der Waals surface area contributed by atoms with Crippen molar-refractivity contribution in [2.75, 3.05) is 18.0 Å². The van der Waals surface area contributed by atoms with E-state index in [0.717, 1.165) is 6.07 Å². The van der Waals surface area contributed by atoms with Gasteiger partial charge in [-0.25, -0.2) is 9.18 Å². The van der Waals surface area contributed by atoms with Crippen LogP contribution in [0.15, 0.2) is 30.6 Å². The minimum atomic E-state index is -0.660. The summed E-state index contributed by atoms with van der Waals surface area (Å²) in [6, 6.07) is 3.48. The summed E-state index contributed by atoms with van der Waals surface area (Å²) in [5.41, 5.74) is 0.389. The van der Waals surface area contributed by atoms with Crippen molar-refractivity contribution in [2.45, 2.75) is 18.9 Å². The molecule has 0 saturated carbocycles. The van der Waals surface area contributed by atoms with Crippen molar-refractivity contribution < 1.29 is 18.8 Å². The minimum Gasteiger partial charge on any atom is -0.457 e. The van der Waals surface area contributed by atoms with Crippen LogP contribution in [0.1, 0.15) is 23.2 Å². The number of esters is 1. The molecular formula is C16H17FN4O4. The molecule has 1 aromatic heterocycles. The van der Waals surface area contributed by atoms with E-state index < -0.39 is 22.8 Å². The molecule has 0 bridgehead atoms. The molecule has 0 radical (unpaired) electrons. The third-order valence-electron chi connectivity index (χ3n) is 4.07. The van der Waals surface area contributed by atoms with E-state index >= 15 is 0 Å². The van der Waals surface area contributed by atoms with Gasteiger partial charge in [0.25, 0.3) is 5.69 Å². The van der Waals surface area contributed by atoms with Gasteiger partial charge in [-0.2, -0.15) is 5.10 Å². The van der Waals surface area contributed by atoms with Crippen LogP contribution < -0.4 is 4.90 Å². The largest absolute Gasteiger partial charge is 0.457 e. The van der Waals surface area contributed by atoms with Gasteiger partial charge in [0.2, 0.25) is 0 Å². The maximum absolute atomic E-state index is 13.3. The highest BCUT2D eigenvalue weighted by Crippen LogP contribution is 2.31. The zero-order chi connectivity index (χ0) is 18.0. The molecule has 1 aromatic carbocycles. The van der Waals surface area contributed by atoms with Gasteiger partial charge in [0.05, 0.1) is 29.3 Å². The van der Waals surface area contributed by atoms with Crippen molar-refractivity contribution in [3.63, 3.8) is 0 Å². The predicted molar refractivity (Wildman–Crippen MR) is 86.9 cm³/mol. The van der Waals surface area contributed by atoms with Gasteiger partial charge in [0.1, 0.15) is 17.6 Å². The number of halogens is 1. The summed E-state index contributed by atoms with van der Waals surface area (Å²) in [6.07, 6.45) is 3.96. The molecule has 1 fully saturated rings. The van der Waals surface area contributed by atoms with Crippen molar-refractivity contribution in [1.82, 2.24) is 9.78 Å². The summed E-state index contributed by atoms with van der Waals surface area (Å²) in [4.78, 5) is 24.5. The molecule has 1 atom stereocenters. The molecule has 0 aliphatic carbocycles. The summed E-state index contributed by atoms with van der Waals surface area (Å²) in [5.74, 6) is -1.14. The lowest BCUT2D eigenvalue weighted by Gasteiger charge is -2.33. The van der Waals surface area contributed by atoms with Crippen LogP contribution in [0.3, 0.4) is 0 Å². The molecule has 1 aliphatic rings.